The highest BCUT2D eigenvalue weighted by molar-refractivity contribution is 7.92. The van der Waals surface area contributed by atoms with Gasteiger partial charge in [-0.15, -0.1) is 0 Å². The van der Waals surface area contributed by atoms with Gasteiger partial charge in [-0.2, -0.15) is 9.29 Å². The van der Waals surface area contributed by atoms with Crippen LogP contribution in [0.2, 0.25) is 0 Å². The van der Waals surface area contributed by atoms with Crippen molar-refractivity contribution < 1.29 is 16.8 Å². The molecule has 1 aromatic heterocycles. The first-order valence-corrected chi connectivity index (χ1v) is 15.2. The Morgan fingerprint density at radius 1 is 0.946 bits per heavy atom. The van der Waals surface area contributed by atoms with E-state index in [1.807, 2.05) is 50.2 Å². The topological polar surface area (TPSA) is 125 Å². The Balaban J connectivity index is 1.49. The lowest BCUT2D eigenvalue weighted by atomic mass is 10.2. The molecule has 12 heteroatoms. The molecule has 10 nitrogen and oxygen atoms in total. The van der Waals surface area contributed by atoms with Crippen LogP contribution in [-0.2, 0) is 19.9 Å². The molecule has 1 fully saturated rings. The van der Waals surface area contributed by atoms with Gasteiger partial charge in [-0.1, -0.05) is 17.7 Å². The normalized spacial score (nSPS) is 17.3. The Hall–Kier alpha value is -3.06. The second-order valence-electron chi connectivity index (χ2n) is 9.38. The third-order valence-corrected chi connectivity index (χ3v) is 9.80. The standard InChI is InChI=1S/C25H32N6O4S2/c1-19-4-6-20(7-5-19)27-24-12-14-26-25(29-24)28-21-8-10-23(11-9-21)37(34,35)31(16-15-30(2)3)22-13-17-36(32,33)18-22/h4-12,14,22H,13,15-18H2,1-3H3,(H2,26,27,28,29). The monoisotopic (exact) mass is 544 g/mol. The molecule has 4 rings (SSSR count). The fourth-order valence-corrected chi connectivity index (χ4v) is 7.52. The number of benzene rings is 2. The summed E-state index contributed by atoms with van der Waals surface area (Å²) in [6.07, 6.45) is 1.93. The Bertz CT molecular complexity index is 1430. The highest BCUT2D eigenvalue weighted by Crippen LogP contribution is 2.26. The van der Waals surface area contributed by atoms with E-state index in [-0.39, 0.29) is 22.9 Å². The van der Waals surface area contributed by atoms with E-state index in [0.29, 0.717) is 30.4 Å². The van der Waals surface area contributed by atoms with Gasteiger partial charge in [-0.05, 0) is 69.9 Å². The summed E-state index contributed by atoms with van der Waals surface area (Å²) in [5.74, 6) is 0.829. The third-order valence-electron chi connectivity index (χ3n) is 6.08. The van der Waals surface area contributed by atoms with Crippen LogP contribution in [0.4, 0.5) is 23.1 Å². The Morgan fingerprint density at radius 3 is 2.22 bits per heavy atom. The average Bonchev–Trinajstić information content (AvgIpc) is 3.20. The van der Waals surface area contributed by atoms with Crippen molar-refractivity contribution in [3.05, 3.63) is 66.4 Å². The number of likely N-dealkylation sites (N-methyl/N-ethyl adjacent to an activating group) is 1. The highest BCUT2D eigenvalue weighted by Gasteiger charge is 2.38. The van der Waals surface area contributed by atoms with Gasteiger partial charge in [0.2, 0.25) is 16.0 Å². The van der Waals surface area contributed by atoms with Crippen molar-refractivity contribution in [1.29, 1.82) is 0 Å². The van der Waals surface area contributed by atoms with E-state index in [0.717, 1.165) is 11.3 Å². The predicted octanol–water partition coefficient (Wildman–Crippen LogP) is 3.01. The van der Waals surface area contributed by atoms with Crippen LogP contribution in [0.15, 0.2) is 65.7 Å². The molecule has 0 amide bonds. The SMILES string of the molecule is Cc1ccc(Nc2ccnc(Nc3ccc(S(=O)(=O)N(CCN(C)C)C4CCS(=O)(=O)C4)cc3)n2)cc1. The molecule has 1 aliphatic heterocycles. The molecule has 2 heterocycles. The fourth-order valence-electron chi connectivity index (χ4n) is 4.05. The summed E-state index contributed by atoms with van der Waals surface area (Å²) in [5, 5.41) is 6.33. The largest absolute Gasteiger partial charge is 0.340 e. The van der Waals surface area contributed by atoms with Crippen molar-refractivity contribution in [2.45, 2.75) is 24.3 Å². The molecule has 2 N–H and O–H groups in total. The number of aromatic nitrogens is 2. The molecule has 0 aliphatic carbocycles. The van der Waals surface area contributed by atoms with E-state index < -0.39 is 25.9 Å². The number of aryl methyl sites for hydroxylation is 1. The summed E-state index contributed by atoms with van der Waals surface area (Å²) in [6.45, 7) is 2.72. The predicted molar refractivity (Wildman–Crippen MR) is 146 cm³/mol. The number of sulfonamides is 1. The molecule has 198 valence electrons. The lowest BCUT2D eigenvalue weighted by molar-refractivity contribution is 0.293. The van der Waals surface area contributed by atoms with Gasteiger partial charge in [0.25, 0.3) is 0 Å². The molecule has 1 saturated heterocycles. The molecule has 1 unspecified atom stereocenters. The number of rotatable bonds is 10. The Labute approximate surface area is 218 Å². The molecule has 1 aliphatic rings. The molecule has 3 aromatic rings. The number of anilines is 4. The smallest absolute Gasteiger partial charge is 0.243 e. The van der Waals surface area contributed by atoms with Crippen LogP contribution in [0.3, 0.4) is 0 Å². The van der Waals surface area contributed by atoms with Gasteiger partial charge in [0.15, 0.2) is 9.84 Å². The van der Waals surface area contributed by atoms with Crippen molar-refractivity contribution in [3.8, 4) is 0 Å². The van der Waals surface area contributed by atoms with Crippen LogP contribution in [0, 0.1) is 6.92 Å². The molecule has 0 radical (unpaired) electrons. The van der Waals surface area contributed by atoms with Crippen LogP contribution in [-0.4, -0.2) is 80.7 Å². The quantitative estimate of drug-likeness (QED) is 0.396. The maximum Gasteiger partial charge on any atom is 0.243 e. The molecule has 37 heavy (non-hydrogen) atoms. The van der Waals surface area contributed by atoms with Crippen LogP contribution in [0.1, 0.15) is 12.0 Å². The van der Waals surface area contributed by atoms with Gasteiger partial charge < -0.3 is 15.5 Å². The van der Waals surface area contributed by atoms with E-state index >= 15 is 0 Å². The summed E-state index contributed by atoms with van der Waals surface area (Å²) < 4.78 is 52.5. The number of hydrogen-bond donors (Lipinski definition) is 2. The zero-order valence-corrected chi connectivity index (χ0v) is 22.8. The van der Waals surface area contributed by atoms with E-state index in [9.17, 15) is 16.8 Å². The summed E-state index contributed by atoms with van der Waals surface area (Å²) in [7, 11) is -3.43. The van der Waals surface area contributed by atoms with Gasteiger partial charge in [0.05, 0.1) is 16.4 Å². The van der Waals surface area contributed by atoms with Crippen LogP contribution >= 0.6 is 0 Å². The van der Waals surface area contributed by atoms with E-state index in [1.165, 1.54) is 16.4 Å². The minimum absolute atomic E-state index is 0.00629. The van der Waals surface area contributed by atoms with E-state index in [4.69, 9.17) is 0 Å². The fraction of sp³-hybridized carbons (Fsp3) is 0.360. The van der Waals surface area contributed by atoms with Crippen LogP contribution < -0.4 is 10.6 Å². The lowest BCUT2D eigenvalue weighted by Crippen LogP contribution is -2.44. The number of nitrogens with zero attached hydrogens (tertiary/aromatic N) is 4. The Kier molecular flexibility index (Phi) is 8.12. The maximum atomic E-state index is 13.5. The minimum Gasteiger partial charge on any atom is -0.340 e. The second-order valence-corrected chi connectivity index (χ2v) is 13.5. The number of sulfone groups is 1. The second kappa shape index (κ2) is 11.1. The summed E-state index contributed by atoms with van der Waals surface area (Å²) in [6, 6.07) is 15.4. The third kappa shape index (κ3) is 7.04. The zero-order chi connectivity index (χ0) is 26.6. The average molecular weight is 545 g/mol. The van der Waals surface area contributed by atoms with Crippen molar-refractivity contribution in [2.75, 3.05) is 49.3 Å². The summed E-state index contributed by atoms with van der Waals surface area (Å²) >= 11 is 0. The molecule has 2 aromatic carbocycles. The highest BCUT2D eigenvalue weighted by atomic mass is 32.2. The first-order chi connectivity index (χ1) is 17.5. The molecule has 0 saturated carbocycles. The van der Waals surface area contributed by atoms with Gasteiger partial charge in [-0.3, -0.25) is 0 Å². The molecular weight excluding hydrogens is 512 g/mol. The Morgan fingerprint density at radius 2 is 1.59 bits per heavy atom. The first kappa shape index (κ1) is 27.0. The van der Waals surface area contributed by atoms with Crippen molar-refractivity contribution in [3.63, 3.8) is 0 Å². The van der Waals surface area contributed by atoms with Gasteiger partial charge in [0.1, 0.15) is 5.82 Å². The first-order valence-electron chi connectivity index (χ1n) is 11.9. The summed E-state index contributed by atoms with van der Waals surface area (Å²) in [5.41, 5.74) is 2.68. The van der Waals surface area contributed by atoms with Gasteiger partial charge in [-0.25, -0.2) is 21.8 Å². The lowest BCUT2D eigenvalue weighted by Gasteiger charge is -2.28. The van der Waals surface area contributed by atoms with E-state index in [2.05, 4.69) is 20.6 Å². The maximum absolute atomic E-state index is 13.5. The van der Waals surface area contributed by atoms with E-state index in [1.54, 1.807) is 24.4 Å². The van der Waals surface area contributed by atoms with Gasteiger partial charge >= 0.3 is 0 Å². The molecule has 1 atom stereocenters. The van der Waals surface area contributed by atoms with Crippen LogP contribution in [0.25, 0.3) is 0 Å². The minimum atomic E-state index is -3.89. The summed E-state index contributed by atoms with van der Waals surface area (Å²) in [4.78, 5) is 10.7. The van der Waals surface area contributed by atoms with Crippen molar-refractivity contribution >= 4 is 43.0 Å². The molecule has 0 bridgehead atoms. The molecular formula is C25H32N6O4S2. The van der Waals surface area contributed by atoms with Gasteiger partial charge in [0, 0.05) is 36.7 Å². The molecule has 0 spiro atoms. The van der Waals surface area contributed by atoms with Crippen LogP contribution in [0.5, 0.6) is 0 Å². The number of hydrogen-bond acceptors (Lipinski definition) is 9. The van der Waals surface area contributed by atoms with Crippen molar-refractivity contribution in [1.82, 2.24) is 19.2 Å². The number of nitrogens with one attached hydrogen (secondary N) is 2. The zero-order valence-electron chi connectivity index (χ0n) is 21.1. The van der Waals surface area contributed by atoms with Crippen molar-refractivity contribution in [2.24, 2.45) is 0 Å².